The molecule has 2 atom stereocenters. The summed E-state index contributed by atoms with van der Waals surface area (Å²) >= 11 is 0. The van der Waals surface area contributed by atoms with Gasteiger partial charge in [-0.2, -0.15) is 4.94 Å². The quantitative estimate of drug-likeness (QED) is 0.124. The summed E-state index contributed by atoms with van der Waals surface area (Å²) < 4.78 is 17.7. The maximum Gasteiger partial charge on any atom is 0.0939 e. The molecule has 0 spiro atoms. The molecule has 0 aliphatic heterocycles. The van der Waals surface area contributed by atoms with E-state index in [1.165, 1.54) is 37.9 Å². The van der Waals surface area contributed by atoms with E-state index in [1.807, 2.05) is 27.7 Å². The summed E-state index contributed by atoms with van der Waals surface area (Å²) in [5, 5.41) is 7.68. The topological polar surface area (TPSA) is 18.5 Å². The Morgan fingerprint density at radius 2 is 1.39 bits per heavy atom. The van der Waals surface area contributed by atoms with Gasteiger partial charge in [-0.1, -0.05) is 82.3 Å². The van der Waals surface area contributed by atoms with Gasteiger partial charge in [0, 0.05) is 12.3 Å². The van der Waals surface area contributed by atoms with E-state index in [0.717, 1.165) is 6.42 Å². The predicted octanol–water partition coefficient (Wildman–Crippen LogP) is 8.49. The Balaban J connectivity index is 0.000000739. The van der Waals surface area contributed by atoms with E-state index in [1.54, 1.807) is 0 Å². The third kappa shape index (κ3) is 6.71. The van der Waals surface area contributed by atoms with Crippen molar-refractivity contribution in [2.24, 2.45) is 0 Å². The van der Waals surface area contributed by atoms with E-state index in [0.29, 0.717) is 13.2 Å². The van der Waals surface area contributed by atoms with Crippen molar-refractivity contribution in [2.75, 3.05) is 13.2 Å². The van der Waals surface area contributed by atoms with E-state index in [2.05, 4.69) is 81.9 Å². The van der Waals surface area contributed by atoms with E-state index in [4.69, 9.17) is 4.74 Å². The first-order valence-corrected chi connectivity index (χ1v) is 11.7. The van der Waals surface area contributed by atoms with Crippen molar-refractivity contribution < 1.29 is 14.2 Å². The van der Waals surface area contributed by atoms with Gasteiger partial charge in [-0.05, 0) is 48.8 Å². The molecule has 31 heavy (non-hydrogen) atoms. The van der Waals surface area contributed by atoms with Gasteiger partial charge in [0.25, 0.3) is 0 Å². The molecule has 2 unspecified atom stereocenters. The van der Waals surface area contributed by atoms with Crippen LogP contribution in [0.1, 0.15) is 39.7 Å². The van der Waals surface area contributed by atoms with E-state index >= 15 is 0 Å². The Kier molecular flexibility index (Phi) is 12.9. The second-order valence-electron chi connectivity index (χ2n) is 6.46. The van der Waals surface area contributed by atoms with Crippen molar-refractivity contribution in [1.29, 1.82) is 0 Å². The minimum Gasteiger partial charge on any atom is -0.377 e. The molecule has 0 bridgehead atoms. The van der Waals surface area contributed by atoms with Gasteiger partial charge in [-0.25, -0.2) is 0 Å². The lowest BCUT2D eigenvalue weighted by Gasteiger charge is -2.14. The molecule has 0 fully saturated rings. The summed E-state index contributed by atoms with van der Waals surface area (Å²) in [6.45, 7) is 15.2. The molecule has 4 aromatic rings. The van der Waals surface area contributed by atoms with Gasteiger partial charge in [0.15, 0.2) is 0 Å². The minimum atomic E-state index is 0.0753. The largest absolute Gasteiger partial charge is 0.377 e. The molecule has 0 saturated heterocycles. The zero-order chi connectivity index (χ0) is 23.2. The van der Waals surface area contributed by atoms with Crippen LogP contribution in [0.25, 0.3) is 32.3 Å². The zero-order valence-corrected chi connectivity index (χ0v) is 20.4. The highest BCUT2D eigenvalue weighted by Gasteiger charge is 2.11. The number of hydrogen-bond acceptors (Lipinski definition) is 2. The first kappa shape index (κ1) is 27.0. The van der Waals surface area contributed by atoms with Crippen LogP contribution in [0.5, 0.6) is 0 Å². The van der Waals surface area contributed by atoms with Gasteiger partial charge in [0.1, 0.15) is 0 Å². The molecular formula is C27H36FO2P. The summed E-state index contributed by atoms with van der Waals surface area (Å²) in [5.74, 6) is 0. The second-order valence-corrected chi connectivity index (χ2v) is 7.40. The minimum absolute atomic E-state index is 0.0753. The fourth-order valence-corrected chi connectivity index (χ4v) is 3.71. The van der Waals surface area contributed by atoms with Crippen molar-refractivity contribution in [2.45, 2.75) is 46.4 Å². The Morgan fingerprint density at radius 3 is 2.00 bits per heavy atom. The average Bonchev–Trinajstić information content (AvgIpc) is 2.85. The highest BCUT2D eigenvalue weighted by molar-refractivity contribution is 7.17. The lowest BCUT2D eigenvalue weighted by atomic mass is 9.92. The van der Waals surface area contributed by atoms with Crippen molar-refractivity contribution in [1.82, 2.24) is 0 Å². The smallest absolute Gasteiger partial charge is 0.0939 e. The molecule has 0 aromatic heterocycles. The van der Waals surface area contributed by atoms with Crippen molar-refractivity contribution >= 4 is 41.6 Å². The Hall–Kier alpha value is -2.06. The lowest BCUT2D eigenvalue weighted by Crippen LogP contribution is -2.09. The van der Waals surface area contributed by atoms with Gasteiger partial charge >= 0.3 is 0 Å². The number of halogens is 1. The van der Waals surface area contributed by atoms with Crippen molar-refractivity contribution in [3.8, 4) is 0 Å². The zero-order valence-electron chi connectivity index (χ0n) is 19.3. The summed E-state index contributed by atoms with van der Waals surface area (Å²) in [6, 6.07) is 19.5. The summed E-state index contributed by atoms with van der Waals surface area (Å²) in [6.07, 6.45) is 0.750. The van der Waals surface area contributed by atoms with Crippen LogP contribution in [-0.2, 0) is 16.3 Å². The molecule has 0 N–H and O–H groups in total. The first-order chi connectivity index (χ1) is 15.3. The Labute approximate surface area is 188 Å². The van der Waals surface area contributed by atoms with Gasteiger partial charge in [0.2, 0.25) is 0 Å². The molecule has 0 heterocycles. The maximum atomic E-state index is 11.8. The number of ether oxygens (including phenoxy) is 1. The lowest BCUT2D eigenvalue weighted by molar-refractivity contribution is -0.132. The first-order valence-electron chi connectivity index (χ1n) is 11.0. The van der Waals surface area contributed by atoms with E-state index in [9.17, 15) is 4.53 Å². The third-order valence-corrected chi connectivity index (χ3v) is 5.31. The molecule has 0 amide bonds. The van der Waals surface area contributed by atoms with E-state index < -0.39 is 0 Å². The predicted molar refractivity (Wildman–Crippen MR) is 139 cm³/mol. The van der Waals surface area contributed by atoms with Crippen LogP contribution in [0, 0.1) is 0 Å². The molecule has 2 nitrogen and oxygen atoms in total. The highest BCUT2D eigenvalue weighted by atomic mass is 31.0. The summed E-state index contributed by atoms with van der Waals surface area (Å²) in [5.41, 5.74) is 1.26. The molecule has 0 aliphatic carbocycles. The molecule has 4 aromatic carbocycles. The van der Waals surface area contributed by atoms with Crippen LogP contribution in [0.4, 0.5) is 4.53 Å². The van der Waals surface area contributed by atoms with Crippen LogP contribution >= 0.6 is 9.24 Å². The molecule has 4 heteroatoms. The van der Waals surface area contributed by atoms with Crippen LogP contribution in [0.15, 0.2) is 67.8 Å². The monoisotopic (exact) mass is 442 g/mol. The van der Waals surface area contributed by atoms with Gasteiger partial charge < -0.3 is 4.74 Å². The van der Waals surface area contributed by atoms with Gasteiger partial charge in [0.05, 0.1) is 13.2 Å². The van der Waals surface area contributed by atoms with Gasteiger partial charge in [-0.3, -0.25) is 0 Å². The van der Waals surface area contributed by atoms with Crippen LogP contribution in [-0.4, -0.2) is 18.9 Å². The van der Waals surface area contributed by atoms with Crippen LogP contribution in [0.3, 0.4) is 0 Å². The Morgan fingerprint density at radius 1 is 0.839 bits per heavy atom. The molecule has 0 saturated carbocycles. The molecule has 0 aliphatic rings. The third-order valence-electron chi connectivity index (χ3n) is 4.79. The molecule has 168 valence electrons. The van der Waals surface area contributed by atoms with Crippen LogP contribution in [0.2, 0.25) is 0 Å². The SMILES string of the molecule is C=C.CC.CC.FOCC(P)CCOCc1ccc2ccc3cccc4ccc1c2c34. The summed E-state index contributed by atoms with van der Waals surface area (Å²) in [7, 11) is 2.58. The fraction of sp³-hybridized carbons (Fsp3) is 0.333. The maximum absolute atomic E-state index is 11.8. The van der Waals surface area contributed by atoms with Crippen LogP contribution < -0.4 is 0 Å². The molecule has 4 rings (SSSR count). The number of hydrogen-bond donors (Lipinski definition) is 0. The molecular weight excluding hydrogens is 406 g/mol. The van der Waals surface area contributed by atoms with Crippen molar-refractivity contribution in [3.63, 3.8) is 0 Å². The van der Waals surface area contributed by atoms with E-state index in [-0.39, 0.29) is 12.3 Å². The highest BCUT2D eigenvalue weighted by Crippen LogP contribution is 2.36. The second kappa shape index (κ2) is 14.9. The van der Waals surface area contributed by atoms with Crippen molar-refractivity contribution in [3.05, 3.63) is 73.3 Å². The van der Waals surface area contributed by atoms with Gasteiger partial charge in [-0.15, -0.1) is 22.4 Å². The average molecular weight is 443 g/mol. The summed E-state index contributed by atoms with van der Waals surface area (Å²) in [4.78, 5) is 3.67. The normalized spacial score (nSPS) is 11.2. The number of benzene rings is 4. The fourth-order valence-electron chi connectivity index (χ4n) is 3.50. The number of rotatable bonds is 7. The Bertz CT molecular complexity index is 1000. The molecule has 0 radical (unpaired) electrons. The standard InChI is InChI=1S/C21H20FO2P.2C2H6.C2H4/c22-24-13-18(25)10-11-23-12-17-7-6-16-5-4-14-2-1-3-15-8-9-19(17)21(16)20(14)15;3*1-2/h1-9,18H,10-13,25H2;2*1-2H3;1-2H2.